The normalized spacial score (nSPS) is 14.2. The number of hydrogen-bond donors (Lipinski definition) is 1. The number of ether oxygens (including phenoxy) is 1. The molecule has 6 nitrogen and oxygen atoms in total. The highest BCUT2D eigenvalue weighted by Crippen LogP contribution is 2.26. The average Bonchev–Trinajstić information content (AvgIpc) is 2.58. The Morgan fingerprint density at radius 1 is 1.28 bits per heavy atom. The van der Waals surface area contributed by atoms with E-state index in [9.17, 15) is 18.0 Å². The van der Waals surface area contributed by atoms with Crippen molar-refractivity contribution in [1.82, 2.24) is 9.97 Å². The number of alkyl halides is 3. The second kappa shape index (κ2) is 6.58. The molecule has 1 aromatic heterocycles. The van der Waals surface area contributed by atoms with Gasteiger partial charge in [0, 0.05) is 17.4 Å². The number of rotatable bonds is 4. The molecule has 0 radical (unpaired) electrons. The Labute approximate surface area is 141 Å². The van der Waals surface area contributed by atoms with Crippen molar-refractivity contribution in [2.45, 2.75) is 19.1 Å². The molecule has 1 aliphatic heterocycles. The predicted octanol–water partition coefficient (Wildman–Crippen LogP) is 2.55. The Morgan fingerprint density at radius 2 is 2.00 bits per heavy atom. The van der Waals surface area contributed by atoms with E-state index in [0.29, 0.717) is 22.7 Å². The summed E-state index contributed by atoms with van der Waals surface area (Å²) in [6.07, 6.45) is -2.91. The third-order valence-corrected chi connectivity index (χ3v) is 3.73. The molecule has 0 aliphatic carbocycles. The van der Waals surface area contributed by atoms with E-state index >= 15 is 0 Å². The van der Waals surface area contributed by atoms with Gasteiger partial charge in [0.05, 0.1) is 25.8 Å². The summed E-state index contributed by atoms with van der Waals surface area (Å²) in [7, 11) is 1.55. The summed E-state index contributed by atoms with van der Waals surface area (Å²) in [6.45, 7) is -0.961. The van der Waals surface area contributed by atoms with Crippen molar-refractivity contribution in [1.29, 1.82) is 0 Å². The number of methoxy groups -OCH3 is 1. The summed E-state index contributed by atoms with van der Waals surface area (Å²) in [4.78, 5) is 21.9. The van der Waals surface area contributed by atoms with Gasteiger partial charge in [-0.3, -0.25) is 4.79 Å². The van der Waals surface area contributed by atoms with Crippen LogP contribution in [0.3, 0.4) is 0 Å². The summed E-state index contributed by atoms with van der Waals surface area (Å²) in [6, 6.07) is 7.03. The van der Waals surface area contributed by atoms with Gasteiger partial charge in [0.25, 0.3) is 0 Å². The molecule has 25 heavy (non-hydrogen) atoms. The topological polar surface area (TPSA) is 67.3 Å². The van der Waals surface area contributed by atoms with E-state index in [-0.39, 0.29) is 24.8 Å². The highest BCUT2D eigenvalue weighted by molar-refractivity contribution is 5.96. The van der Waals surface area contributed by atoms with Crippen LogP contribution in [-0.4, -0.2) is 35.7 Å². The van der Waals surface area contributed by atoms with Crippen molar-refractivity contribution in [3.8, 4) is 5.75 Å². The van der Waals surface area contributed by atoms with Gasteiger partial charge in [0.2, 0.25) is 11.9 Å². The van der Waals surface area contributed by atoms with Gasteiger partial charge in [-0.2, -0.15) is 13.2 Å². The van der Waals surface area contributed by atoms with Crippen molar-refractivity contribution < 1.29 is 22.7 Å². The molecule has 0 fully saturated rings. The molecule has 2 heterocycles. The molecule has 9 heteroatoms. The maximum atomic E-state index is 12.4. The monoisotopic (exact) mass is 352 g/mol. The van der Waals surface area contributed by atoms with Gasteiger partial charge >= 0.3 is 6.18 Å². The predicted molar refractivity (Wildman–Crippen MR) is 84.5 cm³/mol. The number of carbonyl (C=O) groups excluding carboxylic acids is 1. The summed E-state index contributed by atoms with van der Waals surface area (Å²) in [5.41, 5.74) is 1.85. The van der Waals surface area contributed by atoms with E-state index in [4.69, 9.17) is 4.74 Å². The Morgan fingerprint density at radius 3 is 2.64 bits per heavy atom. The SMILES string of the molecule is COc1ccc(N2Cc3cnc(NCC(F)(F)F)nc3CC2=O)cc1. The number of anilines is 2. The quantitative estimate of drug-likeness (QED) is 0.916. The molecule has 1 aromatic carbocycles. The van der Waals surface area contributed by atoms with E-state index in [1.165, 1.54) is 6.20 Å². The molecule has 1 N–H and O–H groups in total. The van der Waals surface area contributed by atoms with E-state index in [1.807, 2.05) is 0 Å². The molecule has 0 bridgehead atoms. The van der Waals surface area contributed by atoms with E-state index < -0.39 is 12.7 Å². The molecule has 0 spiro atoms. The van der Waals surface area contributed by atoms with Crippen LogP contribution in [0.1, 0.15) is 11.3 Å². The minimum Gasteiger partial charge on any atom is -0.497 e. The lowest BCUT2D eigenvalue weighted by Crippen LogP contribution is -2.37. The zero-order valence-corrected chi connectivity index (χ0v) is 13.3. The number of halogens is 3. The van der Waals surface area contributed by atoms with Crippen LogP contribution in [0, 0.1) is 0 Å². The van der Waals surface area contributed by atoms with Gasteiger partial charge < -0.3 is 15.0 Å². The van der Waals surface area contributed by atoms with Crippen LogP contribution in [0.5, 0.6) is 5.75 Å². The van der Waals surface area contributed by atoms with Crippen molar-refractivity contribution >= 4 is 17.5 Å². The zero-order valence-electron chi connectivity index (χ0n) is 13.3. The number of hydrogen-bond acceptors (Lipinski definition) is 5. The Kier molecular flexibility index (Phi) is 4.47. The van der Waals surface area contributed by atoms with E-state index in [1.54, 1.807) is 36.3 Å². The lowest BCUT2D eigenvalue weighted by Gasteiger charge is -2.28. The smallest absolute Gasteiger partial charge is 0.405 e. The van der Waals surface area contributed by atoms with E-state index in [0.717, 1.165) is 0 Å². The van der Waals surface area contributed by atoms with Crippen LogP contribution in [0.25, 0.3) is 0 Å². The molecular weight excluding hydrogens is 337 g/mol. The Hall–Kier alpha value is -2.84. The van der Waals surface area contributed by atoms with Gasteiger partial charge in [-0.25, -0.2) is 9.97 Å². The first-order valence-corrected chi connectivity index (χ1v) is 7.45. The van der Waals surface area contributed by atoms with Crippen LogP contribution in [0.4, 0.5) is 24.8 Å². The lowest BCUT2D eigenvalue weighted by molar-refractivity contribution is -0.118. The number of carbonyl (C=O) groups is 1. The fourth-order valence-corrected chi connectivity index (χ4v) is 2.49. The molecule has 0 saturated heterocycles. The maximum Gasteiger partial charge on any atom is 0.405 e. The second-order valence-electron chi connectivity index (χ2n) is 5.49. The lowest BCUT2D eigenvalue weighted by atomic mass is 10.1. The van der Waals surface area contributed by atoms with Gasteiger partial charge in [-0.15, -0.1) is 0 Å². The third kappa shape index (κ3) is 3.98. The largest absolute Gasteiger partial charge is 0.497 e. The first-order chi connectivity index (χ1) is 11.9. The minimum atomic E-state index is -4.36. The first-order valence-electron chi connectivity index (χ1n) is 7.45. The Balaban J connectivity index is 1.77. The molecule has 2 aromatic rings. The third-order valence-electron chi connectivity index (χ3n) is 3.73. The van der Waals surface area contributed by atoms with Crippen LogP contribution in [0.2, 0.25) is 0 Å². The zero-order chi connectivity index (χ0) is 18.0. The number of nitrogens with one attached hydrogen (secondary N) is 1. The number of fused-ring (bicyclic) bond motifs is 1. The highest BCUT2D eigenvalue weighted by Gasteiger charge is 2.29. The number of nitrogens with zero attached hydrogens (tertiary/aromatic N) is 3. The van der Waals surface area contributed by atoms with Crippen molar-refractivity contribution in [3.05, 3.63) is 41.7 Å². The molecule has 132 valence electrons. The van der Waals surface area contributed by atoms with Crippen molar-refractivity contribution in [2.24, 2.45) is 0 Å². The van der Waals surface area contributed by atoms with Crippen LogP contribution >= 0.6 is 0 Å². The van der Waals surface area contributed by atoms with Gasteiger partial charge in [0.1, 0.15) is 12.3 Å². The molecule has 1 amide bonds. The fraction of sp³-hybridized carbons (Fsp3) is 0.312. The van der Waals surface area contributed by atoms with Gasteiger partial charge in [0.15, 0.2) is 0 Å². The van der Waals surface area contributed by atoms with Crippen LogP contribution < -0.4 is 15.0 Å². The fourth-order valence-electron chi connectivity index (χ4n) is 2.49. The summed E-state index contributed by atoms with van der Waals surface area (Å²) < 4.78 is 41.8. The summed E-state index contributed by atoms with van der Waals surface area (Å²) >= 11 is 0. The molecule has 1 aliphatic rings. The average molecular weight is 352 g/mol. The van der Waals surface area contributed by atoms with Crippen LogP contribution in [-0.2, 0) is 17.8 Å². The highest BCUT2D eigenvalue weighted by atomic mass is 19.4. The summed E-state index contributed by atoms with van der Waals surface area (Å²) in [5.74, 6) is 0.359. The summed E-state index contributed by atoms with van der Waals surface area (Å²) in [5, 5.41) is 2.12. The minimum absolute atomic E-state index is 0.00454. The van der Waals surface area contributed by atoms with Crippen LogP contribution in [0.15, 0.2) is 30.5 Å². The van der Waals surface area contributed by atoms with Gasteiger partial charge in [-0.1, -0.05) is 0 Å². The standard InChI is InChI=1S/C16H15F3N4O2/c1-25-12-4-2-11(3-5-12)23-8-10-7-20-15(21-9-16(17,18)19)22-13(10)6-14(23)24/h2-5,7H,6,8-9H2,1H3,(H,20,21,22). The number of aromatic nitrogens is 2. The maximum absolute atomic E-state index is 12.4. The molecule has 0 saturated carbocycles. The number of benzene rings is 1. The van der Waals surface area contributed by atoms with E-state index in [2.05, 4.69) is 15.3 Å². The van der Waals surface area contributed by atoms with Gasteiger partial charge in [-0.05, 0) is 24.3 Å². The first kappa shape index (κ1) is 17.0. The van der Waals surface area contributed by atoms with Crippen molar-refractivity contribution in [2.75, 3.05) is 23.9 Å². The number of amides is 1. The second-order valence-corrected chi connectivity index (χ2v) is 5.49. The van der Waals surface area contributed by atoms with Crippen molar-refractivity contribution in [3.63, 3.8) is 0 Å². The molecule has 0 unspecified atom stereocenters. The molecule has 0 atom stereocenters. The Bertz CT molecular complexity index is 778. The molecule has 3 rings (SSSR count). The molecular formula is C16H15F3N4O2.